The summed E-state index contributed by atoms with van der Waals surface area (Å²) in [6.45, 7) is 7.24. The van der Waals surface area contributed by atoms with Crippen LogP contribution >= 0.6 is 22.9 Å². The Hall–Kier alpha value is -2.00. The van der Waals surface area contributed by atoms with Crippen molar-refractivity contribution in [1.29, 1.82) is 0 Å². The fourth-order valence-corrected chi connectivity index (χ4v) is 4.93. The van der Waals surface area contributed by atoms with Gasteiger partial charge < -0.3 is 9.64 Å². The predicted molar refractivity (Wildman–Crippen MR) is 118 cm³/mol. The Bertz CT molecular complexity index is 940. The number of carbonyl (C=O) groups excluding carboxylic acids is 2. The summed E-state index contributed by atoms with van der Waals surface area (Å²) in [5, 5.41) is 5.85. The number of carbonyl (C=O) groups is 2. The van der Waals surface area contributed by atoms with Gasteiger partial charge in [-0.2, -0.15) is 0 Å². The normalized spacial score (nSPS) is 22.5. The minimum Gasteiger partial charge on any atom is -0.373 e. The molecule has 2 aliphatic heterocycles. The van der Waals surface area contributed by atoms with Gasteiger partial charge >= 0.3 is 0 Å². The Balaban J connectivity index is 1.41. The number of amides is 2. The second-order valence-corrected chi connectivity index (χ2v) is 9.13. The summed E-state index contributed by atoms with van der Waals surface area (Å²) in [5.74, 6) is -0.236. The van der Waals surface area contributed by atoms with Crippen molar-refractivity contribution in [2.75, 3.05) is 29.9 Å². The molecule has 2 aliphatic rings. The molecule has 3 heterocycles. The third-order valence-electron chi connectivity index (χ3n) is 5.23. The molecule has 30 heavy (non-hydrogen) atoms. The van der Waals surface area contributed by atoms with E-state index in [4.69, 9.17) is 16.3 Å². The molecule has 1 N–H and O–H groups in total. The van der Waals surface area contributed by atoms with Crippen molar-refractivity contribution in [3.05, 3.63) is 39.9 Å². The molecular formula is C21H25ClN4O3S. The average molecular weight is 449 g/mol. The van der Waals surface area contributed by atoms with Crippen LogP contribution in [0.1, 0.15) is 42.7 Å². The molecule has 0 aliphatic carbocycles. The summed E-state index contributed by atoms with van der Waals surface area (Å²) < 4.78 is 5.77. The Labute approximate surface area is 185 Å². The first kappa shape index (κ1) is 21.2. The number of ether oxygens (including phenoxy) is 1. The molecule has 2 unspecified atom stereocenters. The molecule has 0 saturated carbocycles. The predicted octanol–water partition coefficient (Wildman–Crippen LogP) is 3.78. The lowest BCUT2D eigenvalue weighted by molar-refractivity contribution is -0.117. The Kier molecular flexibility index (Phi) is 6.38. The molecular weight excluding hydrogens is 424 g/mol. The Morgan fingerprint density at radius 1 is 1.33 bits per heavy atom. The molecule has 160 valence electrons. The maximum atomic E-state index is 12.7. The van der Waals surface area contributed by atoms with Crippen molar-refractivity contribution in [3.8, 4) is 0 Å². The lowest BCUT2D eigenvalue weighted by atomic mass is 10.1. The smallest absolute Gasteiger partial charge is 0.257 e. The molecule has 1 aromatic heterocycles. The SMILES string of the molecule is CC1CN(Cc2csc(NC(=O)c3ccc(Cl)c(N4CCCC4=O)c3)n2)CC(C)O1. The zero-order valence-electron chi connectivity index (χ0n) is 17.1. The third-order valence-corrected chi connectivity index (χ3v) is 6.35. The van der Waals surface area contributed by atoms with E-state index in [1.807, 2.05) is 5.38 Å². The van der Waals surface area contributed by atoms with Crippen molar-refractivity contribution < 1.29 is 14.3 Å². The zero-order valence-corrected chi connectivity index (χ0v) is 18.6. The van der Waals surface area contributed by atoms with Gasteiger partial charge in [0.05, 0.1) is 28.6 Å². The second-order valence-electron chi connectivity index (χ2n) is 7.86. The summed E-state index contributed by atoms with van der Waals surface area (Å²) in [7, 11) is 0. The molecule has 0 bridgehead atoms. The van der Waals surface area contributed by atoms with Crippen LogP contribution in [0.5, 0.6) is 0 Å². The van der Waals surface area contributed by atoms with E-state index in [0.29, 0.717) is 34.4 Å². The van der Waals surface area contributed by atoms with Crippen LogP contribution in [-0.2, 0) is 16.1 Å². The summed E-state index contributed by atoms with van der Waals surface area (Å²) >= 11 is 7.68. The summed E-state index contributed by atoms with van der Waals surface area (Å²) in [5.41, 5.74) is 1.96. The van der Waals surface area contributed by atoms with E-state index in [1.54, 1.807) is 23.1 Å². The summed E-state index contributed by atoms with van der Waals surface area (Å²) in [4.78, 5) is 33.3. The number of aromatic nitrogens is 1. The molecule has 0 spiro atoms. The van der Waals surface area contributed by atoms with Crippen LogP contribution in [-0.4, -0.2) is 53.5 Å². The standard InChI is InChI=1S/C21H25ClN4O3S/c1-13-9-25(10-14(2)29-13)11-16-12-30-21(23-16)24-20(28)15-5-6-17(22)18(8-15)26-7-3-4-19(26)27/h5-6,8,12-14H,3-4,7,9-11H2,1-2H3,(H,23,24,28). The van der Waals surface area contributed by atoms with E-state index < -0.39 is 0 Å². The van der Waals surface area contributed by atoms with Crippen LogP contribution in [0.4, 0.5) is 10.8 Å². The minimum atomic E-state index is -0.269. The van der Waals surface area contributed by atoms with Crippen molar-refractivity contribution >= 4 is 45.6 Å². The summed E-state index contributed by atoms with van der Waals surface area (Å²) in [6, 6.07) is 4.99. The number of anilines is 2. The zero-order chi connectivity index (χ0) is 21.3. The molecule has 4 rings (SSSR count). The number of hydrogen-bond acceptors (Lipinski definition) is 6. The van der Waals surface area contributed by atoms with Gasteiger partial charge in [0.25, 0.3) is 5.91 Å². The van der Waals surface area contributed by atoms with Crippen molar-refractivity contribution in [1.82, 2.24) is 9.88 Å². The first-order valence-corrected chi connectivity index (χ1v) is 11.4. The number of nitrogens with one attached hydrogen (secondary N) is 1. The van der Waals surface area contributed by atoms with Crippen molar-refractivity contribution in [2.45, 2.75) is 45.4 Å². The van der Waals surface area contributed by atoms with Crippen LogP contribution in [0.15, 0.2) is 23.6 Å². The average Bonchev–Trinajstić information content (AvgIpc) is 3.30. The topological polar surface area (TPSA) is 74.8 Å². The maximum absolute atomic E-state index is 12.7. The Morgan fingerprint density at radius 3 is 2.80 bits per heavy atom. The highest BCUT2D eigenvalue weighted by Crippen LogP contribution is 2.31. The highest BCUT2D eigenvalue weighted by Gasteiger charge is 2.25. The molecule has 0 radical (unpaired) electrons. The van der Waals surface area contributed by atoms with E-state index in [0.717, 1.165) is 31.7 Å². The van der Waals surface area contributed by atoms with Gasteiger partial charge in [-0.15, -0.1) is 11.3 Å². The molecule has 2 aromatic rings. The van der Waals surface area contributed by atoms with E-state index in [-0.39, 0.29) is 24.0 Å². The lowest BCUT2D eigenvalue weighted by Crippen LogP contribution is -2.44. The minimum absolute atomic E-state index is 0.0331. The number of rotatable bonds is 5. The van der Waals surface area contributed by atoms with Crippen LogP contribution in [0.2, 0.25) is 5.02 Å². The van der Waals surface area contributed by atoms with Crippen LogP contribution in [0.25, 0.3) is 0 Å². The van der Waals surface area contributed by atoms with Gasteiger partial charge in [-0.3, -0.25) is 19.8 Å². The van der Waals surface area contributed by atoms with Gasteiger partial charge in [0.15, 0.2) is 5.13 Å². The third kappa shape index (κ3) is 4.83. The highest BCUT2D eigenvalue weighted by molar-refractivity contribution is 7.14. The highest BCUT2D eigenvalue weighted by atomic mass is 35.5. The van der Waals surface area contributed by atoms with E-state index >= 15 is 0 Å². The van der Waals surface area contributed by atoms with Gasteiger partial charge in [-0.25, -0.2) is 4.98 Å². The molecule has 2 saturated heterocycles. The molecule has 2 amide bonds. The number of hydrogen-bond donors (Lipinski definition) is 1. The van der Waals surface area contributed by atoms with Gasteiger partial charge in [0.1, 0.15) is 0 Å². The van der Waals surface area contributed by atoms with Crippen molar-refractivity contribution in [3.63, 3.8) is 0 Å². The summed E-state index contributed by atoms with van der Waals surface area (Å²) in [6.07, 6.45) is 1.71. The molecule has 7 nitrogen and oxygen atoms in total. The number of nitrogens with zero attached hydrogens (tertiary/aromatic N) is 3. The number of benzene rings is 1. The largest absolute Gasteiger partial charge is 0.373 e. The number of thiazole rings is 1. The van der Waals surface area contributed by atoms with Gasteiger partial charge in [0, 0.05) is 43.5 Å². The first-order valence-electron chi connectivity index (χ1n) is 10.1. The molecule has 2 atom stereocenters. The maximum Gasteiger partial charge on any atom is 0.257 e. The fourth-order valence-electron chi connectivity index (χ4n) is 4.01. The van der Waals surface area contributed by atoms with Crippen molar-refractivity contribution in [2.24, 2.45) is 0 Å². The number of morpholine rings is 1. The van der Waals surface area contributed by atoms with Gasteiger partial charge in [0.2, 0.25) is 5.91 Å². The fraction of sp³-hybridized carbons (Fsp3) is 0.476. The van der Waals surface area contributed by atoms with E-state index in [9.17, 15) is 9.59 Å². The van der Waals surface area contributed by atoms with Gasteiger partial charge in [-0.1, -0.05) is 11.6 Å². The van der Waals surface area contributed by atoms with E-state index in [2.05, 4.69) is 29.0 Å². The molecule has 2 fully saturated rings. The molecule has 9 heteroatoms. The number of halogens is 1. The first-order chi connectivity index (χ1) is 14.4. The molecule has 1 aromatic carbocycles. The van der Waals surface area contributed by atoms with Gasteiger partial charge in [-0.05, 0) is 38.5 Å². The second kappa shape index (κ2) is 9.01. The van der Waals surface area contributed by atoms with E-state index in [1.165, 1.54) is 11.3 Å². The van der Waals surface area contributed by atoms with Crippen LogP contribution in [0, 0.1) is 0 Å². The quantitative estimate of drug-likeness (QED) is 0.753. The lowest BCUT2D eigenvalue weighted by Gasteiger charge is -2.34. The van der Waals surface area contributed by atoms with Crippen LogP contribution in [0.3, 0.4) is 0 Å². The Morgan fingerprint density at radius 2 is 2.10 bits per heavy atom. The monoisotopic (exact) mass is 448 g/mol. The van der Waals surface area contributed by atoms with Crippen LogP contribution < -0.4 is 10.2 Å².